The number of rotatable bonds is 5. The van der Waals surface area contributed by atoms with Gasteiger partial charge in [0.15, 0.2) is 0 Å². The van der Waals surface area contributed by atoms with E-state index >= 15 is 0 Å². The van der Waals surface area contributed by atoms with Gasteiger partial charge < -0.3 is 5.32 Å². The number of thioether (sulfide) groups is 1. The molecule has 13 heavy (non-hydrogen) atoms. The van der Waals surface area contributed by atoms with Crippen molar-refractivity contribution in [3.05, 3.63) is 35.9 Å². The summed E-state index contributed by atoms with van der Waals surface area (Å²) in [6.45, 7) is 3.28. The average Bonchev–Trinajstić information content (AvgIpc) is 2.19. The fourth-order valence-electron chi connectivity index (χ4n) is 1.24. The van der Waals surface area contributed by atoms with Gasteiger partial charge in [0.1, 0.15) is 0 Å². The van der Waals surface area contributed by atoms with Crippen molar-refractivity contribution in [2.24, 2.45) is 0 Å². The van der Waals surface area contributed by atoms with Crippen molar-refractivity contribution in [1.29, 1.82) is 0 Å². The first-order valence-corrected chi connectivity index (χ1v) is 6.01. The van der Waals surface area contributed by atoms with Gasteiger partial charge in [-0.2, -0.15) is 11.8 Å². The first kappa shape index (κ1) is 10.6. The molecule has 1 aromatic rings. The number of hydrogen-bond donors (Lipinski definition) is 1. The van der Waals surface area contributed by atoms with Crippen molar-refractivity contribution < 1.29 is 0 Å². The lowest BCUT2D eigenvalue weighted by Crippen LogP contribution is -2.21. The Hall–Kier alpha value is -0.470. The second-order valence-electron chi connectivity index (χ2n) is 3.08. The maximum Gasteiger partial charge on any atom is 0.0292 e. The molecule has 0 amide bonds. The van der Waals surface area contributed by atoms with Crippen LogP contribution in [-0.4, -0.2) is 18.6 Å². The summed E-state index contributed by atoms with van der Waals surface area (Å²) < 4.78 is 0. The number of hydrogen-bond acceptors (Lipinski definition) is 2. The van der Waals surface area contributed by atoms with Gasteiger partial charge >= 0.3 is 0 Å². The molecule has 0 heterocycles. The highest BCUT2D eigenvalue weighted by atomic mass is 32.2. The molecule has 0 spiro atoms. The minimum atomic E-state index is 0.466. The first-order valence-electron chi connectivity index (χ1n) is 4.62. The van der Waals surface area contributed by atoms with E-state index in [4.69, 9.17) is 0 Å². The van der Waals surface area contributed by atoms with Crippen LogP contribution in [0.5, 0.6) is 0 Å². The van der Waals surface area contributed by atoms with Gasteiger partial charge in [0.25, 0.3) is 0 Å². The molecule has 1 atom stereocenters. The molecule has 1 nitrogen and oxygen atoms in total. The molecule has 0 saturated heterocycles. The Morgan fingerprint density at radius 2 is 2.00 bits per heavy atom. The SMILES string of the molecule is CSCCNC(C)c1ccccc1. The smallest absolute Gasteiger partial charge is 0.0292 e. The summed E-state index contributed by atoms with van der Waals surface area (Å²) in [5, 5.41) is 3.48. The van der Waals surface area contributed by atoms with Gasteiger partial charge in [0, 0.05) is 18.3 Å². The number of nitrogens with one attached hydrogen (secondary N) is 1. The molecule has 0 aliphatic rings. The molecule has 0 aromatic heterocycles. The predicted octanol–water partition coefficient (Wildman–Crippen LogP) is 2.70. The molecule has 0 fully saturated rings. The molecule has 0 aliphatic carbocycles. The first-order chi connectivity index (χ1) is 6.34. The van der Waals surface area contributed by atoms with E-state index in [0.717, 1.165) is 6.54 Å². The van der Waals surface area contributed by atoms with Gasteiger partial charge in [0.2, 0.25) is 0 Å². The highest BCUT2D eigenvalue weighted by Gasteiger charge is 2.01. The second-order valence-corrected chi connectivity index (χ2v) is 4.06. The summed E-state index contributed by atoms with van der Waals surface area (Å²) in [5.74, 6) is 1.18. The molecular weight excluding hydrogens is 178 g/mol. The largest absolute Gasteiger partial charge is 0.309 e. The van der Waals surface area contributed by atoms with E-state index in [0.29, 0.717) is 6.04 Å². The zero-order chi connectivity index (χ0) is 9.52. The van der Waals surface area contributed by atoms with Crippen LogP contribution in [0.4, 0.5) is 0 Å². The Morgan fingerprint density at radius 1 is 1.31 bits per heavy atom. The normalized spacial score (nSPS) is 12.8. The van der Waals surface area contributed by atoms with Gasteiger partial charge in [-0.05, 0) is 18.7 Å². The average molecular weight is 195 g/mol. The van der Waals surface area contributed by atoms with Crippen LogP contribution in [-0.2, 0) is 0 Å². The lowest BCUT2D eigenvalue weighted by Gasteiger charge is -2.13. The monoisotopic (exact) mass is 195 g/mol. The predicted molar refractivity (Wildman–Crippen MR) is 61.2 cm³/mol. The summed E-state index contributed by atoms with van der Waals surface area (Å²) in [4.78, 5) is 0. The molecule has 1 aromatic carbocycles. The zero-order valence-electron chi connectivity index (χ0n) is 8.29. The van der Waals surface area contributed by atoms with E-state index in [1.54, 1.807) is 0 Å². The molecule has 0 bridgehead atoms. The van der Waals surface area contributed by atoms with Gasteiger partial charge in [-0.25, -0.2) is 0 Å². The highest BCUT2D eigenvalue weighted by Crippen LogP contribution is 2.10. The zero-order valence-corrected chi connectivity index (χ0v) is 9.10. The molecular formula is C11H17NS. The Balaban J connectivity index is 2.35. The third kappa shape index (κ3) is 3.83. The Bertz CT molecular complexity index is 223. The lowest BCUT2D eigenvalue weighted by molar-refractivity contribution is 0.601. The van der Waals surface area contributed by atoms with Crippen LogP contribution in [0.25, 0.3) is 0 Å². The fraction of sp³-hybridized carbons (Fsp3) is 0.455. The maximum absolute atomic E-state index is 3.48. The summed E-state index contributed by atoms with van der Waals surface area (Å²) >= 11 is 1.88. The van der Waals surface area contributed by atoms with Gasteiger partial charge in [0.05, 0.1) is 0 Å². The van der Waals surface area contributed by atoms with Crippen LogP contribution in [0.1, 0.15) is 18.5 Å². The molecule has 2 heteroatoms. The van der Waals surface area contributed by atoms with Crippen molar-refractivity contribution in [1.82, 2.24) is 5.32 Å². The summed E-state index contributed by atoms with van der Waals surface area (Å²) in [6.07, 6.45) is 2.13. The Labute approximate surface area is 84.9 Å². The van der Waals surface area contributed by atoms with Crippen LogP contribution in [0.15, 0.2) is 30.3 Å². The second kappa shape index (κ2) is 6.06. The van der Waals surface area contributed by atoms with E-state index in [2.05, 4.69) is 48.8 Å². The van der Waals surface area contributed by atoms with Gasteiger partial charge in [-0.3, -0.25) is 0 Å². The van der Waals surface area contributed by atoms with E-state index in [-0.39, 0.29) is 0 Å². The summed E-state index contributed by atoms with van der Waals surface area (Å²) in [6, 6.07) is 11.0. The van der Waals surface area contributed by atoms with Gasteiger partial charge in [-0.1, -0.05) is 30.3 Å². The minimum absolute atomic E-state index is 0.466. The van der Waals surface area contributed by atoms with Crippen molar-refractivity contribution in [2.75, 3.05) is 18.6 Å². The maximum atomic E-state index is 3.48. The van der Waals surface area contributed by atoms with E-state index in [9.17, 15) is 0 Å². The van der Waals surface area contributed by atoms with Crippen molar-refractivity contribution in [3.8, 4) is 0 Å². The van der Waals surface area contributed by atoms with Crippen LogP contribution in [0.3, 0.4) is 0 Å². The molecule has 0 radical (unpaired) electrons. The van der Waals surface area contributed by atoms with Crippen LogP contribution in [0.2, 0.25) is 0 Å². The topological polar surface area (TPSA) is 12.0 Å². The minimum Gasteiger partial charge on any atom is -0.309 e. The van der Waals surface area contributed by atoms with Crippen LogP contribution in [0, 0.1) is 0 Å². The van der Waals surface area contributed by atoms with E-state index in [1.807, 2.05) is 11.8 Å². The molecule has 1 rings (SSSR count). The van der Waals surface area contributed by atoms with Crippen LogP contribution >= 0.6 is 11.8 Å². The Kier molecular flexibility index (Phi) is 4.94. The summed E-state index contributed by atoms with van der Waals surface area (Å²) in [5.41, 5.74) is 1.36. The standard InChI is InChI=1S/C11H17NS/c1-10(12-8-9-13-2)11-6-4-3-5-7-11/h3-7,10,12H,8-9H2,1-2H3. The lowest BCUT2D eigenvalue weighted by atomic mass is 10.1. The van der Waals surface area contributed by atoms with Crippen molar-refractivity contribution >= 4 is 11.8 Å². The Morgan fingerprint density at radius 3 is 2.62 bits per heavy atom. The van der Waals surface area contributed by atoms with E-state index in [1.165, 1.54) is 11.3 Å². The number of benzene rings is 1. The van der Waals surface area contributed by atoms with Crippen LogP contribution < -0.4 is 5.32 Å². The van der Waals surface area contributed by atoms with E-state index < -0.39 is 0 Å². The third-order valence-electron chi connectivity index (χ3n) is 2.06. The molecule has 72 valence electrons. The van der Waals surface area contributed by atoms with Crippen molar-refractivity contribution in [2.45, 2.75) is 13.0 Å². The quantitative estimate of drug-likeness (QED) is 0.725. The molecule has 0 saturated carbocycles. The van der Waals surface area contributed by atoms with Gasteiger partial charge in [-0.15, -0.1) is 0 Å². The van der Waals surface area contributed by atoms with Crippen molar-refractivity contribution in [3.63, 3.8) is 0 Å². The summed E-state index contributed by atoms with van der Waals surface area (Å²) in [7, 11) is 0. The molecule has 0 aliphatic heterocycles. The third-order valence-corrected chi connectivity index (χ3v) is 2.67. The molecule has 1 N–H and O–H groups in total. The highest BCUT2D eigenvalue weighted by molar-refractivity contribution is 7.98. The molecule has 1 unspecified atom stereocenters. The fourth-order valence-corrected chi connectivity index (χ4v) is 1.56.